The van der Waals surface area contributed by atoms with Crippen molar-refractivity contribution in [3.05, 3.63) is 29.0 Å². The molecule has 0 fully saturated rings. The molecule has 0 saturated heterocycles. The molecule has 0 bridgehead atoms. The van der Waals surface area contributed by atoms with Gasteiger partial charge in [0.1, 0.15) is 11.4 Å². The number of fused-ring (bicyclic) bond motifs is 1. The number of benzene rings is 1. The first kappa shape index (κ1) is 17.1. The molecule has 0 radical (unpaired) electrons. The van der Waals surface area contributed by atoms with E-state index in [1.54, 1.807) is 12.1 Å². The molecule has 4 N–H and O–H groups in total. The summed E-state index contributed by atoms with van der Waals surface area (Å²) >= 11 is 0. The molecule has 3 rings (SSSR count). The molecule has 0 spiro atoms. The molecular weight excluding hydrogens is 326 g/mol. The van der Waals surface area contributed by atoms with Crippen molar-refractivity contribution in [2.75, 3.05) is 44.0 Å². The van der Waals surface area contributed by atoms with Crippen LogP contribution in [0.2, 0.25) is 0 Å². The zero-order chi connectivity index (χ0) is 18.0. The number of aromatic hydroxyl groups is 1. The molecule has 1 aromatic rings. The van der Waals surface area contributed by atoms with Gasteiger partial charge >= 0.3 is 5.97 Å². The Morgan fingerprint density at radius 1 is 1.44 bits per heavy atom. The van der Waals surface area contributed by atoms with Crippen molar-refractivity contribution in [2.45, 2.75) is 12.8 Å². The first-order valence-corrected chi connectivity index (χ1v) is 8.14. The lowest BCUT2D eigenvalue weighted by molar-refractivity contribution is -0.136. The molecule has 134 valence electrons. The van der Waals surface area contributed by atoms with Gasteiger partial charge in [0.2, 0.25) is 0 Å². The van der Waals surface area contributed by atoms with E-state index in [-0.39, 0.29) is 42.6 Å². The predicted molar refractivity (Wildman–Crippen MR) is 91.2 cm³/mol. The van der Waals surface area contributed by atoms with Crippen LogP contribution in [0.5, 0.6) is 5.75 Å². The SMILES string of the molecule is COC(=O)C1=C(Nc2ccc(O)c3c2CCCN3)C(=O)N(CCO)C1. The fourth-order valence-electron chi connectivity index (χ4n) is 3.17. The summed E-state index contributed by atoms with van der Waals surface area (Å²) in [6.07, 6.45) is 1.65. The third-order valence-corrected chi connectivity index (χ3v) is 4.41. The number of phenolic OH excluding ortho intramolecular Hbond substituents is 1. The second-order valence-corrected chi connectivity index (χ2v) is 5.94. The van der Waals surface area contributed by atoms with Crippen molar-refractivity contribution in [1.29, 1.82) is 0 Å². The first-order chi connectivity index (χ1) is 12.1. The molecule has 2 aliphatic rings. The second kappa shape index (κ2) is 7.02. The third kappa shape index (κ3) is 3.12. The van der Waals surface area contributed by atoms with Gasteiger partial charge in [-0.1, -0.05) is 0 Å². The van der Waals surface area contributed by atoms with Crippen LogP contribution >= 0.6 is 0 Å². The van der Waals surface area contributed by atoms with Gasteiger partial charge in [0, 0.05) is 24.3 Å². The molecule has 0 aromatic heterocycles. The van der Waals surface area contributed by atoms with Crippen LogP contribution in [0.1, 0.15) is 12.0 Å². The number of carbonyl (C=O) groups excluding carboxylic acids is 2. The maximum absolute atomic E-state index is 12.6. The standard InChI is InChI=1S/C17H21N3O5/c1-25-17(24)11-9-20(7-8-21)16(23)15(11)19-12-4-5-13(22)14-10(12)3-2-6-18-14/h4-5,18-19,21-22H,2-3,6-9H2,1H3. The minimum absolute atomic E-state index is 0.0902. The lowest BCUT2D eigenvalue weighted by atomic mass is 10.00. The van der Waals surface area contributed by atoms with E-state index in [9.17, 15) is 14.7 Å². The molecule has 1 amide bonds. The monoisotopic (exact) mass is 347 g/mol. The average molecular weight is 347 g/mol. The fraction of sp³-hybridized carbons (Fsp3) is 0.412. The molecule has 25 heavy (non-hydrogen) atoms. The van der Waals surface area contributed by atoms with Crippen molar-refractivity contribution >= 4 is 23.3 Å². The molecule has 2 heterocycles. The Balaban J connectivity index is 1.97. The van der Waals surface area contributed by atoms with Crippen LogP contribution in [0.4, 0.5) is 11.4 Å². The van der Waals surface area contributed by atoms with Gasteiger partial charge in [-0.2, -0.15) is 0 Å². The van der Waals surface area contributed by atoms with Gasteiger partial charge in [0.25, 0.3) is 5.91 Å². The Kier molecular flexibility index (Phi) is 4.80. The van der Waals surface area contributed by atoms with Crippen LogP contribution in [0.3, 0.4) is 0 Å². The number of aliphatic hydroxyl groups is 1. The zero-order valence-corrected chi connectivity index (χ0v) is 14.0. The average Bonchev–Trinajstić information content (AvgIpc) is 2.93. The number of anilines is 2. The van der Waals surface area contributed by atoms with E-state index in [2.05, 4.69) is 10.6 Å². The Labute approximate surface area is 145 Å². The molecular formula is C17H21N3O5. The largest absolute Gasteiger partial charge is 0.506 e. The summed E-state index contributed by atoms with van der Waals surface area (Å²) in [5, 5.41) is 25.3. The first-order valence-electron chi connectivity index (χ1n) is 8.14. The zero-order valence-electron chi connectivity index (χ0n) is 14.0. The van der Waals surface area contributed by atoms with Crippen molar-refractivity contribution < 1.29 is 24.5 Å². The van der Waals surface area contributed by atoms with E-state index >= 15 is 0 Å². The van der Waals surface area contributed by atoms with Crippen LogP contribution in [0.15, 0.2) is 23.4 Å². The number of carbonyl (C=O) groups is 2. The molecule has 0 atom stereocenters. The lowest BCUT2D eigenvalue weighted by Gasteiger charge is -2.23. The molecule has 2 aliphatic heterocycles. The molecule has 0 unspecified atom stereocenters. The topological polar surface area (TPSA) is 111 Å². The van der Waals surface area contributed by atoms with E-state index in [1.165, 1.54) is 12.0 Å². The number of nitrogens with zero attached hydrogens (tertiary/aromatic N) is 1. The van der Waals surface area contributed by atoms with Gasteiger partial charge in [0.05, 0.1) is 31.5 Å². The minimum atomic E-state index is -0.581. The molecule has 8 nitrogen and oxygen atoms in total. The lowest BCUT2D eigenvalue weighted by Crippen LogP contribution is -2.31. The number of nitrogens with one attached hydrogen (secondary N) is 2. The summed E-state index contributed by atoms with van der Waals surface area (Å²) in [7, 11) is 1.26. The van der Waals surface area contributed by atoms with Crippen molar-refractivity contribution in [1.82, 2.24) is 4.90 Å². The molecule has 0 aliphatic carbocycles. The van der Waals surface area contributed by atoms with Crippen LogP contribution in [-0.2, 0) is 20.7 Å². The van der Waals surface area contributed by atoms with Gasteiger partial charge in [0.15, 0.2) is 0 Å². The maximum Gasteiger partial charge on any atom is 0.337 e. The van der Waals surface area contributed by atoms with E-state index in [4.69, 9.17) is 9.84 Å². The van der Waals surface area contributed by atoms with Crippen LogP contribution in [0.25, 0.3) is 0 Å². The van der Waals surface area contributed by atoms with Gasteiger partial charge in [-0.05, 0) is 25.0 Å². The summed E-state index contributed by atoms with van der Waals surface area (Å²) in [5.74, 6) is -0.788. The van der Waals surface area contributed by atoms with Gasteiger partial charge in [-0.25, -0.2) is 4.79 Å². The third-order valence-electron chi connectivity index (χ3n) is 4.41. The highest BCUT2D eigenvalue weighted by Gasteiger charge is 2.35. The van der Waals surface area contributed by atoms with Gasteiger partial charge in [-0.15, -0.1) is 0 Å². The van der Waals surface area contributed by atoms with Crippen molar-refractivity contribution in [3.8, 4) is 5.75 Å². The normalized spacial score (nSPS) is 16.6. The van der Waals surface area contributed by atoms with Gasteiger partial charge < -0.3 is 30.5 Å². The smallest absolute Gasteiger partial charge is 0.337 e. The number of ether oxygens (including phenoxy) is 1. The Morgan fingerprint density at radius 3 is 2.96 bits per heavy atom. The number of hydrogen-bond donors (Lipinski definition) is 4. The van der Waals surface area contributed by atoms with Crippen molar-refractivity contribution in [2.24, 2.45) is 0 Å². The van der Waals surface area contributed by atoms with E-state index < -0.39 is 5.97 Å². The van der Waals surface area contributed by atoms with Crippen LogP contribution in [0, 0.1) is 0 Å². The summed E-state index contributed by atoms with van der Waals surface area (Å²) in [6.45, 7) is 0.808. The van der Waals surface area contributed by atoms with Crippen LogP contribution in [-0.4, -0.2) is 60.3 Å². The number of rotatable bonds is 5. The number of phenols is 1. The number of amides is 1. The minimum Gasteiger partial charge on any atom is -0.506 e. The summed E-state index contributed by atoms with van der Waals surface area (Å²) < 4.78 is 4.78. The van der Waals surface area contributed by atoms with Gasteiger partial charge in [-0.3, -0.25) is 4.79 Å². The van der Waals surface area contributed by atoms with Crippen molar-refractivity contribution in [3.63, 3.8) is 0 Å². The van der Waals surface area contributed by atoms with E-state index in [0.717, 1.165) is 24.9 Å². The number of aliphatic hydroxyl groups excluding tert-OH is 1. The maximum atomic E-state index is 12.6. The number of esters is 1. The second-order valence-electron chi connectivity index (χ2n) is 5.94. The molecule has 0 saturated carbocycles. The number of methoxy groups -OCH3 is 1. The Bertz CT molecular complexity index is 744. The molecule has 1 aromatic carbocycles. The Morgan fingerprint density at radius 2 is 2.24 bits per heavy atom. The quantitative estimate of drug-likeness (QED) is 0.347. The number of hydrogen-bond acceptors (Lipinski definition) is 7. The highest BCUT2D eigenvalue weighted by atomic mass is 16.5. The summed E-state index contributed by atoms with van der Waals surface area (Å²) in [5.41, 5.74) is 2.56. The Hall–Kier alpha value is -2.74. The summed E-state index contributed by atoms with van der Waals surface area (Å²) in [4.78, 5) is 26.0. The number of β-amino-alcohol motifs (C(OH)–C–C–N with tert-alkyl or cyclic N) is 1. The van der Waals surface area contributed by atoms with E-state index in [1.807, 2.05) is 0 Å². The van der Waals surface area contributed by atoms with E-state index in [0.29, 0.717) is 11.4 Å². The summed E-state index contributed by atoms with van der Waals surface area (Å²) in [6, 6.07) is 3.23. The highest BCUT2D eigenvalue weighted by molar-refractivity contribution is 6.08. The molecule has 8 heteroatoms. The highest BCUT2D eigenvalue weighted by Crippen LogP contribution is 2.37. The predicted octanol–water partition coefficient (Wildman–Crippen LogP) is 0.424. The fourth-order valence-corrected chi connectivity index (χ4v) is 3.17. The van der Waals surface area contributed by atoms with Crippen LogP contribution < -0.4 is 10.6 Å².